The Labute approximate surface area is 114 Å². The molecule has 4 heteroatoms. The number of halogens is 1. The molecule has 18 heavy (non-hydrogen) atoms. The highest BCUT2D eigenvalue weighted by molar-refractivity contribution is 6.31. The largest absolute Gasteiger partial charge is 0.300 e. The van der Waals surface area contributed by atoms with E-state index in [-0.39, 0.29) is 0 Å². The Hall–Kier alpha value is -0.830. The number of carbonyl (C=O) groups is 1. The first-order valence-corrected chi connectivity index (χ1v) is 7.29. The Morgan fingerprint density at radius 1 is 1.44 bits per heavy atom. The summed E-state index contributed by atoms with van der Waals surface area (Å²) in [5, 5.41) is 5.35. The summed E-state index contributed by atoms with van der Waals surface area (Å²) in [5.74, 6) is 0.858. The third kappa shape index (κ3) is 2.77. The van der Waals surface area contributed by atoms with E-state index in [1.54, 1.807) is 0 Å². The molecule has 0 aromatic carbocycles. The number of hydrogen-bond acceptors (Lipinski definition) is 2. The zero-order valence-electron chi connectivity index (χ0n) is 11.2. The van der Waals surface area contributed by atoms with Crippen LogP contribution in [0.25, 0.3) is 0 Å². The molecule has 1 heterocycles. The fourth-order valence-electron chi connectivity index (χ4n) is 2.77. The topological polar surface area (TPSA) is 34.9 Å². The van der Waals surface area contributed by atoms with Crippen LogP contribution in [-0.4, -0.2) is 15.6 Å². The molecule has 2 rings (SSSR count). The summed E-state index contributed by atoms with van der Waals surface area (Å²) in [6, 6.07) is 0. The van der Waals surface area contributed by atoms with Gasteiger partial charge in [-0.1, -0.05) is 18.5 Å². The molecule has 1 aliphatic carbocycles. The molecule has 1 aliphatic rings. The van der Waals surface area contributed by atoms with E-state index in [0.29, 0.717) is 18.1 Å². The van der Waals surface area contributed by atoms with Crippen molar-refractivity contribution in [3.63, 3.8) is 0 Å². The van der Waals surface area contributed by atoms with Crippen LogP contribution in [-0.2, 0) is 24.2 Å². The molecule has 1 aromatic rings. The second-order valence-corrected chi connectivity index (χ2v) is 5.46. The molecule has 1 saturated carbocycles. The molecule has 1 unspecified atom stereocenters. The van der Waals surface area contributed by atoms with Crippen molar-refractivity contribution in [3.8, 4) is 0 Å². The molecular weight excluding hydrogens is 248 g/mol. The molecule has 0 amide bonds. The van der Waals surface area contributed by atoms with Gasteiger partial charge in [0.15, 0.2) is 0 Å². The first kappa shape index (κ1) is 13.6. The van der Waals surface area contributed by atoms with Crippen molar-refractivity contribution in [1.82, 2.24) is 9.78 Å². The van der Waals surface area contributed by atoms with Crippen LogP contribution in [0.4, 0.5) is 0 Å². The minimum atomic E-state index is 0.403. The van der Waals surface area contributed by atoms with Crippen LogP contribution >= 0.6 is 11.6 Å². The van der Waals surface area contributed by atoms with Gasteiger partial charge >= 0.3 is 0 Å². The van der Waals surface area contributed by atoms with Gasteiger partial charge in [0, 0.05) is 19.4 Å². The predicted molar refractivity (Wildman–Crippen MR) is 73.0 cm³/mol. The predicted octanol–water partition coefficient (Wildman–Crippen LogP) is 3.42. The Bertz CT molecular complexity index is 439. The highest BCUT2D eigenvalue weighted by atomic mass is 35.5. The van der Waals surface area contributed by atoms with Crippen LogP contribution in [0.5, 0.6) is 0 Å². The normalized spacial score (nSPS) is 20.4. The summed E-state index contributed by atoms with van der Waals surface area (Å²) in [6.45, 7) is 5.00. The summed E-state index contributed by atoms with van der Waals surface area (Å²) in [5.41, 5.74) is 2.10. The molecule has 0 bridgehead atoms. The fraction of sp³-hybridized carbons (Fsp3) is 0.714. The van der Waals surface area contributed by atoms with E-state index in [1.165, 1.54) is 0 Å². The lowest BCUT2D eigenvalue weighted by Gasteiger charge is -2.21. The lowest BCUT2D eigenvalue weighted by Crippen LogP contribution is -2.18. The second-order valence-electron chi connectivity index (χ2n) is 5.08. The highest BCUT2D eigenvalue weighted by Gasteiger charge is 2.23. The smallest absolute Gasteiger partial charge is 0.133 e. The van der Waals surface area contributed by atoms with Crippen LogP contribution in [0.3, 0.4) is 0 Å². The number of ketones is 1. The van der Waals surface area contributed by atoms with Crippen molar-refractivity contribution in [2.45, 2.75) is 58.9 Å². The SMILES string of the molecule is CCc1nn(CC)c(CC2CCCC(=O)C2)c1Cl. The molecule has 0 saturated heterocycles. The number of hydrogen-bond donors (Lipinski definition) is 0. The fourth-order valence-corrected chi connectivity index (χ4v) is 3.12. The minimum Gasteiger partial charge on any atom is -0.300 e. The zero-order valence-corrected chi connectivity index (χ0v) is 12.0. The first-order valence-electron chi connectivity index (χ1n) is 6.91. The Morgan fingerprint density at radius 2 is 2.22 bits per heavy atom. The molecule has 3 nitrogen and oxygen atoms in total. The van der Waals surface area contributed by atoms with Crippen LogP contribution in [0.15, 0.2) is 0 Å². The van der Waals surface area contributed by atoms with Crippen molar-refractivity contribution < 1.29 is 4.79 Å². The van der Waals surface area contributed by atoms with Gasteiger partial charge in [0.25, 0.3) is 0 Å². The van der Waals surface area contributed by atoms with Crippen molar-refractivity contribution in [2.75, 3.05) is 0 Å². The monoisotopic (exact) mass is 268 g/mol. The van der Waals surface area contributed by atoms with Gasteiger partial charge in [-0.3, -0.25) is 9.48 Å². The third-order valence-corrected chi connectivity index (χ3v) is 4.20. The molecule has 100 valence electrons. The van der Waals surface area contributed by atoms with Crippen LogP contribution in [0, 0.1) is 5.92 Å². The Balaban J connectivity index is 2.17. The first-order chi connectivity index (χ1) is 8.65. The molecule has 0 aliphatic heterocycles. The molecule has 1 atom stereocenters. The summed E-state index contributed by atoms with van der Waals surface area (Å²) >= 11 is 6.40. The van der Waals surface area contributed by atoms with Crippen LogP contribution < -0.4 is 0 Å². The van der Waals surface area contributed by atoms with Crippen molar-refractivity contribution in [2.24, 2.45) is 5.92 Å². The summed E-state index contributed by atoms with van der Waals surface area (Å²) < 4.78 is 2.00. The number of aryl methyl sites for hydroxylation is 2. The van der Waals surface area contributed by atoms with Crippen molar-refractivity contribution in [1.29, 1.82) is 0 Å². The van der Waals surface area contributed by atoms with Crippen LogP contribution in [0.1, 0.15) is 50.9 Å². The maximum Gasteiger partial charge on any atom is 0.133 e. The van der Waals surface area contributed by atoms with E-state index >= 15 is 0 Å². The van der Waals surface area contributed by atoms with Crippen LogP contribution in [0.2, 0.25) is 5.02 Å². The van der Waals surface area contributed by atoms with Gasteiger partial charge in [-0.15, -0.1) is 0 Å². The van der Waals surface area contributed by atoms with E-state index < -0.39 is 0 Å². The summed E-state index contributed by atoms with van der Waals surface area (Å²) in [4.78, 5) is 11.5. The van der Waals surface area contributed by atoms with Gasteiger partial charge in [-0.2, -0.15) is 5.10 Å². The molecule has 0 radical (unpaired) electrons. The van der Waals surface area contributed by atoms with Crippen molar-refractivity contribution in [3.05, 3.63) is 16.4 Å². The number of aromatic nitrogens is 2. The zero-order chi connectivity index (χ0) is 13.1. The molecule has 1 aromatic heterocycles. The van der Waals surface area contributed by atoms with E-state index in [4.69, 9.17) is 11.6 Å². The summed E-state index contributed by atoms with van der Waals surface area (Å²) in [6.07, 6.45) is 5.40. The van der Waals surface area contributed by atoms with Crippen molar-refractivity contribution >= 4 is 17.4 Å². The third-order valence-electron chi connectivity index (χ3n) is 3.76. The van der Waals surface area contributed by atoms with E-state index in [0.717, 1.165) is 55.1 Å². The standard InChI is InChI=1S/C14H21ClN2O/c1-3-12-14(15)13(17(4-2)16-12)9-10-6-5-7-11(18)8-10/h10H,3-9H2,1-2H3. The maximum atomic E-state index is 11.5. The van der Waals surface area contributed by atoms with E-state index in [9.17, 15) is 4.79 Å². The van der Waals surface area contributed by atoms with E-state index in [1.807, 2.05) is 4.68 Å². The van der Waals surface area contributed by atoms with Gasteiger partial charge in [-0.05, 0) is 38.5 Å². The molecule has 1 fully saturated rings. The average molecular weight is 269 g/mol. The molecular formula is C14H21ClN2O. The van der Waals surface area contributed by atoms with E-state index in [2.05, 4.69) is 18.9 Å². The molecule has 0 N–H and O–H groups in total. The van der Waals surface area contributed by atoms with Gasteiger partial charge in [-0.25, -0.2) is 0 Å². The number of carbonyl (C=O) groups excluding carboxylic acids is 1. The maximum absolute atomic E-state index is 11.5. The van der Waals surface area contributed by atoms with Gasteiger partial charge in [0.2, 0.25) is 0 Å². The quantitative estimate of drug-likeness (QED) is 0.839. The second kappa shape index (κ2) is 5.87. The number of nitrogens with zero attached hydrogens (tertiary/aromatic N) is 2. The molecule has 0 spiro atoms. The highest BCUT2D eigenvalue weighted by Crippen LogP contribution is 2.29. The van der Waals surface area contributed by atoms with Gasteiger partial charge in [0.1, 0.15) is 5.78 Å². The lowest BCUT2D eigenvalue weighted by molar-refractivity contribution is -0.121. The minimum absolute atomic E-state index is 0.403. The average Bonchev–Trinajstić information content (AvgIpc) is 2.66. The van der Waals surface area contributed by atoms with Gasteiger partial charge in [0.05, 0.1) is 16.4 Å². The number of Topliss-reactive ketones (excluding diaryl/α,β-unsaturated/α-hetero) is 1. The Kier molecular flexibility index (Phi) is 4.44. The van der Waals surface area contributed by atoms with Gasteiger partial charge < -0.3 is 0 Å². The summed E-state index contributed by atoms with van der Waals surface area (Å²) in [7, 11) is 0. The Morgan fingerprint density at radius 3 is 2.83 bits per heavy atom. The number of rotatable bonds is 4. The lowest BCUT2D eigenvalue weighted by atomic mass is 9.85.